The maximum atomic E-state index is 12.0. The van der Waals surface area contributed by atoms with E-state index in [4.69, 9.17) is 5.73 Å². The van der Waals surface area contributed by atoms with E-state index in [2.05, 4.69) is 24.3 Å². The topological polar surface area (TPSA) is 58.4 Å². The van der Waals surface area contributed by atoms with Crippen molar-refractivity contribution in [2.75, 3.05) is 26.4 Å². The Balaban J connectivity index is 0.00000180. The van der Waals surface area contributed by atoms with Gasteiger partial charge in [-0.05, 0) is 45.0 Å². The summed E-state index contributed by atoms with van der Waals surface area (Å²) in [6.45, 7) is 0.685. The van der Waals surface area contributed by atoms with Crippen LogP contribution in [0.4, 0.5) is 5.69 Å². The van der Waals surface area contributed by atoms with Crippen LogP contribution in [0.2, 0.25) is 0 Å². The van der Waals surface area contributed by atoms with Gasteiger partial charge in [0.1, 0.15) is 0 Å². The fourth-order valence-corrected chi connectivity index (χ4v) is 2.25. The van der Waals surface area contributed by atoms with Gasteiger partial charge in [0, 0.05) is 18.3 Å². The Hall–Kier alpha value is -0.970. The summed E-state index contributed by atoms with van der Waals surface area (Å²) in [6, 6.07) is 7.60. The Morgan fingerprint density at radius 3 is 2.45 bits per heavy atom. The molecular weight excluding hydrogens is 297 g/mol. The zero-order valence-electron chi connectivity index (χ0n) is 11.8. The van der Waals surface area contributed by atoms with E-state index in [1.165, 1.54) is 12.8 Å². The third-order valence-corrected chi connectivity index (χ3v) is 3.51. The van der Waals surface area contributed by atoms with Crippen LogP contribution in [0.15, 0.2) is 24.3 Å². The Bertz CT molecular complexity index is 434. The van der Waals surface area contributed by atoms with Crippen molar-refractivity contribution in [3.05, 3.63) is 29.8 Å². The van der Waals surface area contributed by atoms with Crippen molar-refractivity contribution in [2.45, 2.75) is 18.9 Å². The van der Waals surface area contributed by atoms with Crippen LogP contribution in [0.3, 0.4) is 0 Å². The summed E-state index contributed by atoms with van der Waals surface area (Å²) >= 11 is 0. The quantitative estimate of drug-likeness (QED) is 0.818. The number of nitrogens with one attached hydrogen (secondary N) is 1. The van der Waals surface area contributed by atoms with Crippen molar-refractivity contribution in [1.29, 1.82) is 0 Å². The first-order valence-corrected chi connectivity index (χ1v) is 6.38. The monoisotopic (exact) mass is 319 g/mol. The van der Waals surface area contributed by atoms with Crippen LogP contribution in [-0.4, -0.2) is 37.5 Å². The smallest absolute Gasteiger partial charge is 0.253 e. The Morgan fingerprint density at radius 1 is 1.35 bits per heavy atom. The van der Waals surface area contributed by atoms with Gasteiger partial charge >= 0.3 is 0 Å². The van der Waals surface area contributed by atoms with E-state index in [0.29, 0.717) is 23.8 Å². The fourth-order valence-electron chi connectivity index (χ4n) is 2.25. The molecule has 1 aliphatic rings. The van der Waals surface area contributed by atoms with Gasteiger partial charge in [-0.25, -0.2) is 0 Å². The number of likely N-dealkylation sites (N-methyl/N-ethyl adjacent to an activating group) is 1. The summed E-state index contributed by atoms with van der Waals surface area (Å²) in [6.07, 6.45) is 2.54. The Labute approximate surface area is 132 Å². The summed E-state index contributed by atoms with van der Waals surface area (Å²) in [5.74, 6) is 0.647. The molecule has 1 atom stereocenters. The van der Waals surface area contributed by atoms with Gasteiger partial charge in [0.25, 0.3) is 5.91 Å². The van der Waals surface area contributed by atoms with Gasteiger partial charge in [-0.3, -0.25) is 4.79 Å². The minimum atomic E-state index is -0.0828. The van der Waals surface area contributed by atoms with Crippen molar-refractivity contribution in [1.82, 2.24) is 10.2 Å². The number of benzene rings is 1. The molecule has 3 N–H and O–H groups in total. The molecule has 0 radical (unpaired) electrons. The van der Waals surface area contributed by atoms with Crippen molar-refractivity contribution in [3.63, 3.8) is 0 Å². The number of nitrogens with zero attached hydrogens (tertiary/aromatic N) is 1. The second-order valence-corrected chi connectivity index (χ2v) is 5.17. The molecule has 0 heterocycles. The molecule has 6 heteroatoms. The molecule has 1 aromatic carbocycles. The average Bonchev–Trinajstić information content (AvgIpc) is 3.13. The lowest BCUT2D eigenvalue weighted by Gasteiger charge is -2.24. The number of carbonyl (C=O) groups excluding carboxylic acids is 1. The van der Waals surface area contributed by atoms with Gasteiger partial charge in [-0.2, -0.15) is 0 Å². The SMILES string of the molecule is CN(C)C(CNC(=O)c1ccccc1N)C1CC1.Cl.Cl. The molecule has 1 fully saturated rings. The predicted molar refractivity (Wildman–Crippen MR) is 87.9 cm³/mol. The largest absolute Gasteiger partial charge is 0.398 e. The zero-order valence-corrected chi connectivity index (χ0v) is 13.5. The molecule has 0 saturated heterocycles. The average molecular weight is 320 g/mol. The first kappa shape index (κ1) is 19.0. The van der Waals surface area contributed by atoms with Crippen molar-refractivity contribution < 1.29 is 4.79 Å². The number of carbonyl (C=O) groups is 1. The standard InChI is InChI=1S/C14H21N3O.2ClH/c1-17(2)13(10-7-8-10)9-16-14(18)11-5-3-4-6-12(11)15;;/h3-6,10,13H,7-9,15H2,1-2H3,(H,16,18);2*1H. The summed E-state index contributed by atoms with van der Waals surface area (Å²) < 4.78 is 0. The lowest BCUT2D eigenvalue weighted by molar-refractivity contribution is 0.0940. The highest BCUT2D eigenvalue weighted by Crippen LogP contribution is 2.34. The molecule has 4 nitrogen and oxygen atoms in total. The number of nitrogen functional groups attached to an aromatic ring is 1. The first-order chi connectivity index (χ1) is 8.59. The van der Waals surface area contributed by atoms with Gasteiger partial charge in [-0.15, -0.1) is 24.8 Å². The van der Waals surface area contributed by atoms with Gasteiger partial charge in [-0.1, -0.05) is 12.1 Å². The summed E-state index contributed by atoms with van der Waals surface area (Å²) in [5.41, 5.74) is 6.88. The number of hydrogen-bond acceptors (Lipinski definition) is 3. The molecule has 114 valence electrons. The van der Waals surface area contributed by atoms with E-state index in [9.17, 15) is 4.79 Å². The second-order valence-electron chi connectivity index (χ2n) is 5.17. The highest BCUT2D eigenvalue weighted by molar-refractivity contribution is 5.99. The lowest BCUT2D eigenvalue weighted by Crippen LogP contribution is -2.41. The van der Waals surface area contributed by atoms with E-state index >= 15 is 0 Å². The minimum absolute atomic E-state index is 0. The van der Waals surface area contributed by atoms with Crippen LogP contribution >= 0.6 is 24.8 Å². The molecule has 2 rings (SSSR count). The van der Waals surface area contributed by atoms with E-state index in [1.54, 1.807) is 12.1 Å². The predicted octanol–water partition coefficient (Wildman–Crippen LogP) is 2.18. The number of rotatable bonds is 5. The molecule has 1 saturated carbocycles. The van der Waals surface area contributed by atoms with E-state index in [1.807, 2.05) is 12.1 Å². The van der Waals surface area contributed by atoms with Gasteiger partial charge in [0.15, 0.2) is 0 Å². The number of nitrogens with two attached hydrogens (primary N) is 1. The second kappa shape index (κ2) is 8.35. The first-order valence-electron chi connectivity index (χ1n) is 6.38. The van der Waals surface area contributed by atoms with E-state index in [-0.39, 0.29) is 30.7 Å². The molecule has 1 amide bonds. The van der Waals surface area contributed by atoms with E-state index < -0.39 is 0 Å². The third-order valence-electron chi connectivity index (χ3n) is 3.51. The molecule has 0 spiro atoms. The molecule has 20 heavy (non-hydrogen) atoms. The molecule has 1 aromatic rings. The molecule has 1 unspecified atom stereocenters. The number of halogens is 2. The van der Waals surface area contributed by atoms with Crippen LogP contribution in [0.5, 0.6) is 0 Å². The zero-order chi connectivity index (χ0) is 13.1. The summed E-state index contributed by atoms with van der Waals surface area (Å²) in [4.78, 5) is 14.2. The van der Waals surface area contributed by atoms with Crippen LogP contribution in [0.1, 0.15) is 23.2 Å². The molecular formula is C14H23Cl2N3O. The van der Waals surface area contributed by atoms with Crippen molar-refractivity contribution >= 4 is 36.4 Å². The molecule has 0 aliphatic heterocycles. The summed E-state index contributed by atoms with van der Waals surface area (Å²) in [5, 5.41) is 2.98. The van der Waals surface area contributed by atoms with Crippen molar-refractivity contribution in [3.8, 4) is 0 Å². The van der Waals surface area contributed by atoms with E-state index in [0.717, 1.165) is 5.92 Å². The van der Waals surface area contributed by atoms with Gasteiger partial charge in [0.2, 0.25) is 0 Å². The minimum Gasteiger partial charge on any atom is -0.398 e. The number of hydrogen-bond donors (Lipinski definition) is 2. The maximum absolute atomic E-state index is 12.0. The normalized spacial score (nSPS) is 14.9. The Morgan fingerprint density at radius 2 is 1.95 bits per heavy atom. The highest BCUT2D eigenvalue weighted by atomic mass is 35.5. The van der Waals surface area contributed by atoms with Crippen molar-refractivity contribution in [2.24, 2.45) is 5.92 Å². The number of anilines is 1. The number of para-hydroxylation sites is 1. The Kier molecular flexibility index (Phi) is 7.94. The fraction of sp³-hybridized carbons (Fsp3) is 0.500. The molecule has 1 aliphatic carbocycles. The van der Waals surface area contributed by atoms with Crippen LogP contribution < -0.4 is 11.1 Å². The summed E-state index contributed by atoms with van der Waals surface area (Å²) in [7, 11) is 4.12. The third kappa shape index (κ3) is 4.85. The molecule has 0 aromatic heterocycles. The lowest BCUT2D eigenvalue weighted by atomic mass is 10.1. The number of amides is 1. The highest BCUT2D eigenvalue weighted by Gasteiger charge is 2.32. The van der Waals surface area contributed by atoms with Crippen LogP contribution in [-0.2, 0) is 0 Å². The van der Waals surface area contributed by atoms with Gasteiger partial charge < -0.3 is 16.0 Å². The van der Waals surface area contributed by atoms with Gasteiger partial charge in [0.05, 0.1) is 5.56 Å². The molecule has 0 bridgehead atoms. The maximum Gasteiger partial charge on any atom is 0.253 e. The van der Waals surface area contributed by atoms with Crippen LogP contribution in [0.25, 0.3) is 0 Å². The van der Waals surface area contributed by atoms with Crippen LogP contribution in [0, 0.1) is 5.92 Å².